The molecule has 0 saturated carbocycles. The fraction of sp³-hybridized carbons (Fsp3) is 0.0909. The van der Waals surface area contributed by atoms with Crippen LogP contribution in [0.5, 0.6) is 0 Å². The molecule has 0 nitrogen and oxygen atoms in total. The van der Waals surface area contributed by atoms with Gasteiger partial charge in [-0.2, -0.15) is 0 Å². The van der Waals surface area contributed by atoms with Crippen LogP contribution in [0.15, 0.2) is 40.2 Å². The Morgan fingerprint density at radius 2 is 1.93 bits per heavy atom. The normalized spacial score (nSPS) is 12.7. The predicted molar refractivity (Wildman–Crippen MR) is 66.1 cm³/mol. The van der Waals surface area contributed by atoms with Crippen molar-refractivity contribution in [2.24, 2.45) is 0 Å². The highest BCUT2D eigenvalue weighted by Crippen LogP contribution is 2.36. The predicted octanol–water partition coefficient (Wildman–Crippen LogP) is 4.98. The van der Waals surface area contributed by atoms with Crippen molar-refractivity contribution >= 4 is 38.9 Å². The van der Waals surface area contributed by atoms with E-state index in [0.29, 0.717) is 5.56 Å². The standard InChI is InChI=1S/C11H7BrClFS/c12-10-6-5-9(15-10)11(13)7-3-1-2-4-8(7)14/h1-6,11H. The van der Waals surface area contributed by atoms with Crippen LogP contribution >= 0.6 is 38.9 Å². The summed E-state index contributed by atoms with van der Waals surface area (Å²) in [6.07, 6.45) is 0. The number of benzene rings is 1. The Morgan fingerprint density at radius 1 is 1.20 bits per heavy atom. The van der Waals surface area contributed by atoms with Crippen molar-refractivity contribution in [3.8, 4) is 0 Å². The smallest absolute Gasteiger partial charge is 0.128 e. The highest BCUT2D eigenvalue weighted by molar-refractivity contribution is 9.11. The van der Waals surface area contributed by atoms with Gasteiger partial charge < -0.3 is 0 Å². The molecule has 2 aromatic rings. The van der Waals surface area contributed by atoms with Crippen LogP contribution in [-0.4, -0.2) is 0 Å². The summed E-state index contributed by atoms with van der Waals surface area (Å²) in [6, 6.07) is 10.4. The number of thiophene rings is 1. The van der Waals surface area contributed by atoms with E-state index in [1.54, 1.807) is 18.2 Å². The monoisotopic (exact) mass is 304 g/mol. The van der Waals surface area contributed by atoms with Crippen molar-refractivity contribution in [2.45, 2.75) is 5.38 Å². The highest BCUT2D eigenvalue weighted by atomic mass is 79.9. The van der Waals surface area contributed by atoms with Crippen LogP contribution in [0, 0.1) is 5.82 Å². The molecule has 0 aliphatic heterocycles. The summed E-state index contributed by atoms with van der Waals surface area (Å²) in [4.78, 5) is 0.939. The van der Waals surface area contributed by atoms with Crippen molar-refractivity contribution in [1.29, 1.82) is 0 Å². The van der Waals surface area contributed by atoms with Crippen LogP contribution in [0.3, 0.4) is 0 Å². The molecule has 78 valence electrons. The molecule has 0 aliphatic carbocycles. The van der Waals surface area contributed by atoms with Gasteiger partial charge in [-0.15, -0.1) is 22.9 Å². The summed E-state index contributed by atoms with van der Waals surface area (Å²) < 4.78 is 14.4. The van der Waals surface area contributed by atoms with Gasteiger partial charge in [0.2, 0.25) is 0 Å². The van der Waals surface area contributed by atoms with E-state index in [4.69, 9.17) is 11.6 Å². The van der Waals surface area contributed by atoms with Gasteiger partial charge in [-0.25, -0.2) is 4.39 Å². The van der Waals surface area contributed by atoms with Crippen LogP contribution in [0.25, 0.3) is 0 Å². The summed E-state index contributed by atoms with van der Waals surface area (Å²) in [5.74, 6) is -0.262. The zero-order chi connectivity index (χ0) is 10.8. The van der Waals surface area contributed by atoms with E-state index < -0.39 is 5.38 Å². The molecule has 0 aliphatic rings. The molecule has 0 amide bonds. The van der Waals surface area contributed by atoms with Crippen molar-refractivity contribution in [1.82, 2.24) is 0 Å². The first-order valence-electron chi connectivity index (χ1n) is 4.32. The zero-order valence-corrected chi connectivity index (χ0v) is 10.7. The highest BCUT2D eigenvalue weighted by Gasteiger charge is 2.16. The molecule has 0 bridgehead atoms. The summed E-state index contributed by atoms with van der Waals surface area (Å²) >= 11 is 11.1. The van der Waals surface area contributed by atoms with Crippen LogP contribution in [0.1, 0.15) is 15.8 Å². The van der Waals surface area contributed by atoms with E-state index in [9.17, 15) is 4.39 Å². The van der Waals surface area contributed by atoms with Crippen LogP contribution < -0.4 is 0 Å². The third-order valence-electron chi connectivity index (χ3n) is 2.02. The molecule has 0 spiro atoms. The minimum atomic E-state index is -0.414. The molecule has 0 fully saturated rings. The van der Waals surface area contributed by atoms with Crippen molar-refractivity contribution in [3.63, 3.8) is 0 Å². The Bertz CT molecular complexity index is 469. The summed E-state index contributed by atoms with van der Waals surface area (Å²) in [5, 5.41) is -0.414. The maximum Gasteiger partial charge on any atom is 0.128 e. The van der Waals surface area contributed by atoms with E-state index in [1.165, 1.54) is 17.4 Å². The largest absolute Gasteiger partial charge is 0.207 e. The summed E-state index contributed by atoms with van der Waals surface area (Å²) in [7, 11) is 0. The van der Waals surface area contributed by atoms with Crippen molar-refractivity contribution in [2.75, 3.05) is 0 Å². The molecular formula is C11H7BrClFS. The van der Waals surface area contributed by atoms with Gasteiger partial charge in [0.15, 0.2) is 0 Å². The third kappa shape index (κ3) is 2.41. The molecule has 1 heterocycles. The van der Waals surface area contributed by atoms with Gasteiger partial charge in [0.25, 0.3) is 0 Å². The molecule has 15 heavy (non-hydrogen) atoms. The average Bonchev–Trinajstić information content (AvgIpc) is 2.65. The molecule has 0 radical (unpaired) electrons. The molecule has 1 aromatic carbocycles. The molecule has 1 aromatic heterocycles. The lowest BCUT2D eigenvalue weighted by molar-refractivity contribution is 0.613. The van der Waals surface area contributed by atoms with Gasteiger partial charge in [0.1, 0.15) is 5.82 Å². The Balaban J connectivity index is 2.36. The van der Waals surface area contributed by atoms with Gasteiger partial charge in [-0.05, 0) is 34.1 Å². The van der Waals surface area contributed by atoms with Gasteiger partial charge in [-0.3, -0.25) is 0 Å². The Kier molecular flexibility index (Phi) is 3.44. The van der Waals surface area contributed by atoms with Crippen LogP contribution in [0.2, 0.25) is 0 Å². The Labute approximate surface area is 105 Å². The number of alkyl halides is 1. The van der Waals surface area contributed by atoms with Gasteiger partial charge >= 0.3 is 0 Å². The Hall–Kier alpha value is -0.380. The second-order valence-electron chi connectivity index (χ2n) is 3.03. The van der Waals surface area contributed by atoms with Crippen LogP contribution in [0.4, 0.5) is 4.39 Å². The summed E-state index contributed by atoms with van der Waals surface area (Å²) in [5.41, 5.74) is 0.522. The second-order valence-corrected chi connectivity index (χ2v) is 5.96. The average molecular weight is 306 g/mol. The quantitative estimate of drug-likeness (QED) is 0.687. The number of hydrogen-bond donors (Lipinski definition) is 0. The molecule has 1 unspecified atom stereocenters. The lowest BCUT2D eigenvalue weighted by Crippen LogP contribution is -1.93. The SMILES string of the molecule is Fc1ccccc1C(Cl)c1ccc(Br)s1. The molecule has 0 saturated heterocycles. The molecule has 0 N–H and O–H groups in total. The molecule has 1 atom stereocenters. The fourth-order valence-corrected chi connectivity index (χ4v) is 3.10. The molecule has 2 rings (SSSR count). The van der Waals surface area contributed by atoms with E-state index in [2.05, 4.69) is 15.9 Å². The number of rotatable bonds is 2. The van der Waals surface area contributed by atoms with Crippen molar-refractivity contribution in [3.05, 3.63) is 56.4 Å². The minimum Gasteiger partial charge on any atom is -0.207 e. The minimum absolute atomic E-state index is 0.262. The summed E-state index contributed by atoms with van der Waals surface area (Å²) in [6.45, 7) is 0. The number of hydrogen-bond acceptors (Lipinski definition) is 1. The molecular weight excluding hydrogens is 299 g/mol. The van der Waals surface area contributed by atoms with E-state index >= 15 is 0 Å². The maximum absolute atomic E-state index is 13.4. The Morgan fingerprint density at radius 3 is 2.53 bits per heavy atom. The first-order chi connectivity index (χ1) is 7.18. The fourth-order valence-electron chi connectivity index (χ4n) is 1.30. The van der Waals surface area contributed by atoms with E-state index in [-0.39, 0.29) is 5.82 Å². The zero-order valence-electron chi connectivity index (χ0n) is 7.58. The maximum atomic E-state index is 13.4. The first kappa shape index (κ1) is 11.1. The van der Waals surface area contributed by atoms with Gasteiger partial charge in [0, 0.05) is 10.4 Å². The topological polar surface area (TPSA) is 0 Å². The lowest BCUT2D eigenvalue weighted by Gasteiger charge is -2.08. The lowest BCUT2D eigenvalue weighted by atomic mass is 10.1. The van der Waals surface area contributed by atoms with E-state index in [1.807, 2.05) is 12.1 Å². The van der Waals surface area contributed by atoms with E-state index in [0.717, 1.165) is 8.66 Å². The van der Waals surface area contributed by atoms with Crippen LogP contribution in [-0.2, 0) is 0 Å². The third-order valence-corrected chi connectivity index (χ3v) is 4.31. The van der Waals surface area contributed by atoms with Gasteiger partial charge in [0.05, 0.1) is 9.16 Å². The first-order valence-corrected chi connectivity index (χ1v) is 6.37. The van der Waals surface area contributed by atoms with Gasteiger partial charge in [-0.1, -0.05) is 18.2 Å². The van der Waals surface area contributed by atoms with Crippen molar-refractivity contribution < 1.29 is 4.39 Å². The number of halogens is 3. The second kappa shape index (κ2) is 4.64. The molecule has 4 heteroatoms.